The summed E-state index contributed by atoms with van der Waals surface area (Å²) in [5, 5.41) is 3.11. The van der Waals surface area contributed by atoms with Gasteiger partial charge in [0.05, 0.1) is 11.0 Å². The molecule has 16 heavy (non-hydrogen) atoms. The van der Waals surface area contributed by atoms with E-state index in [0.29, 0.717) is 0 Å². The normalized spacial score (nSPS) is 11.3. The number of benzene rings is 1. The van der Waals surface area contributed by atoms with Crippen LogP contribution < -0.4 is 5.32 Å². The molecule has 0 bridgehead atoms. The Morgan fingerprint density at radius 2 is 2.00 bits per heavy atom. The van der Waals surface area contributed by atoms with E-state index < -0.39 is 0 Å². The Balaban J connectivity index is 2.16. The fourth-order valence-corrected chi connectivity index (χ4v) is 1.53. The van der Waals surface area contributed by atoms with E-state index in [4.69, 9.17) is 0 Å². The number of aromatic nitrogens is 2. The highest BCUT2D eigenvalue weighted by Gasteiger charge is 1.94. The van der Waals surface area contributed by atoms with E-state index >= 15 is 0 Å². The van der Waals surface area contributed by atoms with Gasteiger partial charge in [0.15, 0.2) is 0 Å². The van der Waals surface area contributed by atoms with Crippen LogP contribution >= 0.6 is 0 Å². The Labute approximate surface area is 95.2 Å². The number of hydrogen-bond donors (Lipinski definition) is 1. The van der Waals surface area contributed by atoms with E-state index in [-0.39, 0.29) is 0 Å². The van der Waals surface area contributed by atoms with Gasteiger partial charge >= 0.3 is 0 Å². The standard InChI is InChI=1S/C13H15N3/c1-14-7-3-2-4-11-5-6-12-13(10-11)16-9-8-15-12/h2,4-6,8-10,14H,3,7H2,1H3. The fraction of sp³-hybridized carbons (Fsp3) is 0.231. The maximum absolute atomic E-state index is 4.28. The zero-order valence-corrected chi connectivity index (χ0v) is 9.35. The summed E-state index contributed by atoms with van der Waals surface area (Å²) < 4.78 is 0. The SMILES string of the molecule is CNCCC=Cc1ccc2nccnc2c1. The Hall–Kier alpha value is -1.74. The Morgan fingerprint density at radius 3 is 2.81 bits per heavy atom. The van der Waals surface area contributed by atoms with E-state index in [2.05, 4.69) is 39.6 Å². The first-order valence-electron chi connectivity index (χ1n) is 5.42. The molecule has 0 amide bonds. The first kappa shape index (κ1) is 10.8. The summed E-state index contributed by atoms with van der Waals surface area (Å²) in [4.78, 5) is 8.51. The second-order valence-corrected chi connectivity index (χ2v) is 3.60. The second kappa shape index (κ2) is 5.37. The van der Waals surface area contributed by atoms with Crippen molar-refractivity contribution in [2.45, 2.75) is 6.42 Å². The van der Waals surface area contributed by atoms with Crippen LogP contribution in [-0.2, 0) is 0 Å². The van der Waals surface area contributed by atoms with Gasteiger partial charge in [-0.15, -0.1) is 0 Å². The number of nitrogens with one attached hydrogen (secondary N) is 1. The summed E-state index contributed by atoms with van der Waals surface area (Å²) in [6, 6.07) is 6.12. The maximum Gasteiger partial charge on any atom is 0.0892 e. The molecule has 2 aromatic rings. The number of hydrogen-bond acceptors (Lipinski definition) is 3. The number of fused-ring (bicyclic) bond motifs is 1. The van der Waals surface area contributed by atoms with Crippen molar-refractivity contribution in [3.8, 4) is 0 Å². The lowest BCUT2D eigenvalue weighted by atomic mass is 10.1. The van der Waals surface area contributed by atoms with E-state index in [0.717, 1.165) is 24.0 Å². The van der Waals surface area contributed by atoms with Crippen molar-refractivity contribution in [3.05, 3.63) is 42.2 Å². The van der Waals surface area contributed by atoms with E-state index in [9.17, 15) is 0 Å². The lowest BCUT2D eigenvalue weighted by Crippen LogP contribution is -2.05. The summed E-state index contributed by atoms with van der Waals surface area (Å²) in [6.07, 6.45) is 8.75. The molecule has 0 saturated heterocycles. The van der Waals surface area contributed by atoms with Gasteiger partial charge in [0.25, 0.3) is 0 Å². The molecular weight excluding hydrogens is 198 g/mol. The molecule has 0 aliphatic rings. The van der Waals surface area contributed by atoms with Gasteiger partial charge in [-0.05, 0) is 37.7 Å². The van der Waals surface area contributed by atoms with Gasteiger partial charge in [0.1, 0.15) is 0 Å². The lowest BCUT2D eigenvalue weighted by Gasteiger charge is -1.97. The zero-order valence-electron chi connectivity index (χ0n) is 9.35. The second-order valence-electron chi connectivity index (χ2n) is 3.60. The van der Waals surface area contributed by atoms with Crippen molar-refractivity contribution in [2.24, 2.45) is 0 Å². The van der Waals surface area contributed by atoms with Crippen LogP contribution in [0.15, 0.2) is 36.7 Å². The molecule has 82 valence electrons. The quantitative estimate of drug-likeness (QED) is 0.791. The van der Waals surface area contributed by atoms with Crippen LogP contribution in [0.3, 0.4) is 0 Å². The van der Waals surface area contributed by atoms with Gasteiger partial charge in [0, 0.05) is 12.4 Å². The van der Waals surface area contributed by atoms with E-state index in [1.165, 1.54) is 5.56 Å². The third-order valence-electron chi connectivity index (χ3n) is 2.36. The molecule has 0 atom stereocenters. The van der Waals surface area contributed by atoms with Crippen LogP contribution in [0.2, 0.25) is 0 Å². The average molecular weight is 213 g/mol. The molecule has 2 rings (SSSR count). The predicted molar refractivity (Wildman–Crippen MR) is 67.1 cm³/mol. The van der Waals surface area contributed by atoms with Crippen molar-refractivity contribution in [2.75, 3.05) is 13.6 Å². The molecule has 0 fully saturated rings. The lowest BCUT2D eigenvalue weighted by molar-refractivity contribution is 0.809. The molecular formula is C13H15N3. The Kier molecular flexibility index (Phi) is 3.62. The van der Waals surface area contributed by atoms with Gasteiger partial charge in [-0.3, -0.25) is 9.97 Å². The molecule has 1 aromatic carbocycles. The smallest absolute Gasteiger partial charge is 0.0892 e. The van der Waals surface area contributed by atoms with Gasteiger partial charge in [-0.25, -0.2) is 0 Å². The molecule has 1 aromatic heterocycles. The third-order valence-corrected chi connectivity index (χ3v) is 2.36. The Bertz CT molecular complexity index is 491. The van der Waals surface area contributed by atoms with Crippen molar-refractivity contribution in [3.63, 3.8) is 0 Å². The highest BCUT2D eigenvalue weighted by molar-refractivity contribution is 5.76. The maximum atomic E-state index is 4.28. The van der Waals surface area contributed by atoms with Crippen molar-refractivity contribution in [1.82, 2.24) is 15.3 Å². The van der Waals surface area contributed by atoms with Gasteiger partial charge in [-0.2, -0.15) is 0 Å². The van der Waals surface area contributed by atoms with Crippen LogP contribution in [0, 0.1) is 0 Å². The molecule has 3 heteroatoms. The van der Waals surface area contributed by atoms with Crippen molar-refractivity contribution >= 4 is 17.1 Å². The molecule has 0 unspecified atom stereocenters. The summed E-state index contributed by atoms with van der Waals surface area (Å²) in [5.74, 6) is 0. The van der Waals surface area contributed by atoms with Crippen LogP contribution in [0.25, 0.3) is 17.1 Å². The predicted octanol–water partition coefficient (Wildman–Crippen LogP) is 2.25. The van der Waals surface area contributed by atoms with Crippen molar-refractivity contribution in [1.29, 1.82) is 0 Å². The number of rotatable bonds is 4. The topological polar surface area (TPSA) is 37.8 Å². The molecule has 3 nitrogen and oxygen atoms in total. The van der Waals surface area contributed by atoms with Crippen LogP contribution in [-0.4, -0.2) is 23.6 Å². The highest BCUT2D eigenvalue weighted by Crippen LogP contribution is 2.12. The first-order valence-corrected chi connectivity index (χ1v) is 5.42. The van der Waals surface area contributed by atoms with Crippen molar-refractivity contribution < 1.29 is 0 Å². The summed E-state index contributed by atoms with van der Waals surface area (Å²) >= 11 is 0. The summed E-state index contributed by atoms with van der Waals surface area (Å²) in [6.45, 7) is 1.00. The van der Waals surface area contributed by atoms with E-state index in [1.807, 2.05) is 13.1 Å². The minimum atomic E-state index is 0.940. The molecule has 0 aliphatic carbocycles. The molecule has 0 radical (unpaired) electrons. The Morgan fingerprint density at radius 1 is 1.19 bits per heavy atom. The zero-order chi connectivity index (χ0) is 11.2. The fourth-order valence-electron chi connectivity index (χ4n) is 1.53. The van der Waals surface area contributed by atoms with Crippen LogP contribution in [0.1, 0.15) is 12.0 Å². The summed E-state index contributed by atoms with van der Waals surface area (Å²) in [7, 11) is 1.96. The largest absolute Gasteiger partial charge is 0.319 e. The molecule has 1 N–H and O–H groups in total. The molecule has 0 aliphatic heterocycles. The average Bonchev–Trinajstić information content (AvgIpc) is 2.34. The molecule has 0 spiro atoms. The minimum absolute atomic E-state index is 0.940. The van der Waals surface area contributed by atoms with Gasteiger partial charge in [0.2, 0.25) is 0 Å². The van der Waals surface area contributed by atoms with Gasteiger partial charge in [-0.1, -0.05) is 18.2 Å². The summed E-state index contributed by atoms with van der Waals surface area (Å²) in [5.41, 5.74) is 3.05. The van der Waals surface area contributed by atoms with Crippen LogP contribution in [0.5, 0.6) is 0 Å². The number of nitrogens with zero attached hydrogens (tertiary/aromatic N) is 2. The molecule has 0 saturated carbocycles. The molecule has 1 heterocycles. The monoisotopic (exact) mass is 213 g/mol. The highest BCUT2D eigenvalue weighted by atomic mass is 14.8. The van der Waals surface area contributed by atoms with Gasteiger partial charge < -0.3 is 5.32 Å². The van der Waals surface area contributed by atoms with E-state index in [1.54, 1.807) is 12.4 Å². The van der Waals surface area contributed by atoms with Crippen LogP contribution in [0.4, 0.5) is 0 Å². The minimum Gasteiger partial charge on any atom is -0.319 e. The first-order chi connectivity index (χ1) is 7.90. The third kappa shape index (κ3) is 2.64.